The summed E-state index contributed by atoms with van der Waals surface area (Å²) < 4.78 is 33.6. The third kappa shape index (κ3) is 6.77. The number of anilines is 1. The second-order valence-electron chi connectivity index (χ2n) is 8.80. The lowest BCUT2D eigenvalue weighted by molar-refractivity contribution is -0.120. The number of nitrogens with zero attached hydrogens (tertiary/aromatic N) is 1. The molecule has 0 bridgehead atoms. The van der Waals surface area contributed by atoms with Gasteiger partial charge in [-0.2, -0.15) is 0 Å². The van der Waals surface area contributed by atoms with Crippen LogP contribution in [-0.4, -0.2) is 28.0 Å². The van der Waals surface area contributed by atoms with Crippen molar-refractivity contribution in [1.29, 1.82) is 0 Å². The molecule has 3 aromatic carbocycles. The summed E-state index contributed by atoms with van der Waals surface area (Å²) in [6.45, 7) is 5.63. The van der Waals surface area contributed by atoms with Crippen molar-refractivity contribution < 1.29 is 17.9 Å². The number of carbonyl (C=O) groups excluding carboxylic acids is 1. The average Bonchev–Trinajstić information content (AvgIpc) is 2.82. The molecular weight excluding hydrogens is 484 g/mol. The number of carbonyl (C=O) groups is 1. The lowest BCUT2D eigenvalue weighted by Crippen LogP contribution is -2.42. The van der Waals surface area contributed by atoms with Gasteiger partial charge in [0.05, 0.1) is 28.8 Å². The van der Waals surface area contributed by atoms with Gasteiger partial charge in [0.1, 0.15) is 12.3 Å². The van der Waals surface area contributed by atoms with Crippen LogP contribution < -0.4 is 14.4 Å². The maximum Gasteiger partial charge on any atom is 0.264 e. The van der Waals surface area contributed by atoms with Gasteiger partial charge in [-0.05, 0) is 55.2 Å². The fourth-order valence-electron chi connectivity index (χ4n) is 3.77. The van der Waals surface area contributed by atoms with Crippen molar-refractivity contribution in [2.75, 3.05) is 18.0 Å². The highest BCUT2D eigenvalue weighted by atomic mass is 35.5. The van der Waals surface area contributed by atoms with Crippen LogP contribution in [0, 0.1) is 12.8 Å². The van der Waals surface area contributed by atoms with E-state index in [9.17, 15) is 13.2 Å². The number of benzene rings is 3. The molecule has 8 heteroatoms. The molecule has 0 aromatic heterocycles. The number of hydrogen-bond donors (Lipinski definition) is 1. The fourth-order valence-corrected chi connectivity index (χ4v) is 5.43. The van der Waals surface area contributed by atoms with Gasteiger partial charge in [-0.1, -0.05) is 73.5 Å². The molecule has 3 aromatic rings. The number of ether oxygens (including phenoxy) is 1. The second-order valence-corrected chi connectivity index (χ2v) is 11.1. The molecule has 186 valence electrons. The molecule has 3 rings (SSSR count). The van der Waals surface area contributed by atoms with E-state index in [0.717, 1.165) is 21.9 Å². The molecule has 0 aliphatic carbocycles. The Morgan fingerprint density at radius 2 is 1.69 bits per heavy atom. The van der Waals surface area contributed by atoms with Crippen molar-refractivity contribution in [3.8, 4) is 5.75 Å². The zero-order valence-electron chi connectivity index (χ0n) is 20.4. The highest BCUT2D eigenvalue weighted by molar-refractivity contribution is 7.92. The quantitative estimate of drug-likeness (QED) is 0.373. The Bertz CT molecular complexity index is 1250. The summed E-state index contributed by atoms with van der Waals surface area (Å²) in [7, 11) is -2.57. The molecule has 0 heterocycles. The molecule has 1 amide bonds. The van der Waals surface area contributed by atoms with E-state index in [1.807, 2.05) is 37.3 Å². The van der Waals surface area contributed by atoms with Crippen molar-refractivity contribution in [2.24, 2.45) is 5.92 Å². The van der Waals surface area contributed by atoms with Crippen molar-refractivity contribution in [3.63, 3.8) is 0 Å². The van der Waals surface area contributed by atoms with Crippen molar-refractivity contribution >= 4 is 33.2 Å². The maximum atomic E-state index is 13.7. The zero-order valence-corrected chi connectivity index (χ0v) is 21.9. The summed E-state index contributed by atoms with van der Waals surface area (Å²) in [5, 5.41) is 3.28. The molecule has 35 heavy (non-hydrogen) atoms. The number of methoxy groups -OCH3 is 1. The second kappa shape index (κ2) is 11.6. The van der Waals surface area contributed by atoms with Crippen LogP contribution in [0.15, 0.2) is 77.7 Å². The minimum Gasteiger partial charge on any atom is -0.495 e. The summed E-state index contributed by atoms with van der Waals surface area (Å²) in [6, 6.07) is 20.6. The van der Waals surface area contributed by atoms with Gasteiger partial charge in [0.25, 0.3) is 10.0 Å². The molecule has 0 saturated carbocycles. The Morgan fingerprint density at radius 1 is 1.03 bits per heavy atom. The summed E-state index contributed by atoms with van der Waals surface area (Å²) >= 11 is 6.30. The van der Waals surface area contributed by atoms with Crippen LogP contribution in [0.4, 0.5) is 5.69 Å². The van der Waals surface area contributed by atoms with Gasteiger partial charge >= 0.3 is 0 Å². The van der Waals surface area contributed by atoms with Crippen molar-refractivity contribution in [2.45, 2.75) is 38.1 Å². The maximum absolute atomic E-state index is 13.7. The Labute approximate surface area is 212 Å². The molecule has 0 spiro atoms. The molecule has 6 nitrogen and oxygen atoms in total. The SMILES string of the molecule is COc1ccc(N(CC(=O)NC(CC(C)C)c2ccccc2)S(=O)(=O)c2ccc(C)cc2)cc1Cl. The summed E-state index contributed by atoms with van der Waals surface area (Å²) in [5.41, 5.74) is 2.17. The molecule has 0 fully saturated rings. The number of sulfonamides is 1. The Balaban J connectivity index is 1.96. The van der Waals surface area contributed by atoms with E-state index < -0.39 is 22.5 Å². The minimum atomic E-state index is -4.05. The number of halogens is 1. The Hall–Kier alpha value is -3.03. The molecule has 1 atom stereocenters. The molecule has 0 aliphatic heterocycles. The standard InChI is InChI=1S/C27H31ClN2O4S/c1-19(2)16-25(21-8-6-5-7-9-21)29-27(31)18-30(22-12-15-26(34-4)24(28)17-22)35(32,33)23-13-10-20(3)11-14-23/h5-15,17,19,25H,16,18H2,1-4H3,(H,29,31). The van der Waals surface area contributed by atoms with Gasteiger partial charge < -0.3 is 10.1 Å². The number of aryl methyl sites for hydroxylation is 1. The highest BCUT2D eigenvalue weighted by Crippen LogP contribution is 2.32. The monoisotopic (exact) mass is 514 g/mol. The van der Waals surface area contributed by atoms with E-state index >= 15 is 0 Å². The largest absolute Gasteiger partial charge is 0.495 e. The lowest BCUT2D eigenvalue weighted by atomic mass is 9.97. The topological polar surface area (TPSA) is 75.7 Å². The number of hydrogen-bond acceptors (Lipinski definition) is 4. The molecule has 0 radical (unpaired) electrons. The predicted molar refractivity (Wildman–Crippen MR) is 140 cm³/mol. The smallest absolute Gasteiger partial charge is 0.264 e. The van der Waals surface area contributed by atoms with Crippen LogP contribution in [0.1, 0.15) is 37.4 Å². The predicted octanol–water partition coefficient (Wildman–Crippen LogP) is 5.76. The van der Waals surface area contributed by atoms with Gasteiger partial charge in [0.15, 0.2) is 0 Å². The van der Waals surface area contributed by atoms with Crippen LogP contribution in [0.2, 0.25) is 5.02 Å². The highest BCUT2D eigenvalue weighted by Gasteiger charge is 2.29. The number of nitrogens with one attached hydrogen (secondary N) is 1. The minimum absolute atomic E-state index is 0.0876. The van der Waals surface area contributed by atoms with E-state index in [4.69, 9.17) is 16.3 Å². The number of amides is 1. The van der Waals surface area contributed by atoms with Crippen LogP contribution >= 0.6 is 11.6 Å². The molecule has 0 saturated heterocycles. The average molecular weight is 515 g/mol. The first-order valence-corrected chi connectivity index (χ1v) is 13.2. The molecular formula is C27H31ClN2O4S. The van der Waals surface area contributed by atoms with E-state index in [1.54, 1.807) is 24.3 Å². The van der Waals surface area contributed by atoms with Crippen molar-refractivity contribution in [3.05, 3.63) is 88.9 Å². The van der Waals surface area contributed by atoms with E-state index in [2.05, 4.69) is 19.2 Å². The van der Waals surface area contributed by atoms with Gasteiger partial charge in [-0.25, -0.2) is 8.42 Å². The van der Waals surface area contributed by atoms with E-state index in [0.29, 0.717) is 11.7 Å². The van der Waals surface area contributed by atoms with Crippen LogP contribution in [0.3, 0.4) is 0 Å². The summed E-state index contributed by atoms with van der Waals surface area (Å²) in [4.78, 5) is 13.3. The number of rotatable bonds is 10. The first-order valence-electron chi connectivity index (χ1n) is 11.4. The Kier molecular flexibility index (Phi) is 8.81. The van der Waals surface area contributed by atoms with E-state index in [-0.39, 0.29) is 21.6 Å². The van der Waals surface area contributed by atoms with E-state index in [1.165, 1.54) is 25.3 Å². The van der Waals surface area contributed by atoms with Crippen LogP contribution in [0.25, 0.3) is 0 Å². The first-order chi connectivity index (χ1) is 16.6. The molecule has 1 N–H and O–H groups in total. The normalized spacial score (nSPS) is 12.3. The summed E-state index contributed by atoms with van der Waals surface area (Å²) in [6.07, 6.45) is 0.717. The zero-order chi connectivity index (χ0) is 25.6. The van der Waals surface area contributed by atoms with Gasteiger partial charge in [-0.3, -0.25) is 9.10 Å². The van der Waals surface area contributed by atoms with Gasteiger partial charge in [-0.15, -0.1) is 0 Å². The lowest BCUT2D eigenvalue weighted by Gasteiger charge is -2.27. The third-order valence-corrected chi connectivity index (χ3v) is 7.65. The fraction of sp³-hybridized carbons (Fsp3) is 0.296. The Morgan fingerprint density at radius 3 is 2.26 bits per heavy atom. The van der Waals surface area contributed by atoms with Crippen LogP contribution in [-0.2, 0) is 14.8 Å². The van der Waals surface area contributed by atoms with Crippen LogP contribution in [0.5, 0.6) is 5.75 Å². The van der Waals surface area contributed by atoms with Gasteiger partial charge in [0, 0.05) is 0 Å². The first kappa shape index (κ1) is 26.6. The van der Waals surface area contributed by atoms with Gasteiger partial charge in [0.2, 0.25) is 5.91 Å². The van der Waals surface area contributed by atoms with Crippen molar-refractivity contribution in [1.82, 2.24) is 5.32 Å². The third-order valence-electron chi connectivity index (χ3n) is 5.56. The molecule has 0 aliphatic rings. The molecule has 1 unspecified atom stereocenters. The summed E-state index contributed by atoms with van der Waals surface area (Å²) in [5.74, 6) is 0.323.